The van der Waals surface area contributed by atoms with Gasteiger partial charge in [0, 0.05) is 11.4 Å². The summed E-state index contributed by atoms with van der Waals surface area (Å²) in [7, 11) is 0. The van der Waals surface area contributed by atoms with Crippen molar-refractivity contribution in [2.75, 3.05) is 0 Å². The standard InChI is InChI=1S/C10H8ClFO/c1-5-4-8(13)10-7(12)3-2-6(11)9(5)10/h2-3,5H,4H2,1H3. The Hall–Kier alpha value is -0.890. The van der Waals surface area contributed by atoms with Crippen molar-refractivity contribution in [3.63, 3.8) is 0 Å². The van der Waals surface area contributed by atoms with Crippen molar-refractivity contribution >= 4 is 17.4 Å². The molecule has 68 valence electrons. The highest BCUT2D eigenvalue weighted by Crippen LogP contribution is 2.38. The first kappa shape index (κ1) is 8.70. The van der Waals surface area contributed by atoms with Gasteiger partial charge in [-0.15, -0.1) is 0 Å². The number of rotatable bonds is 0. The lowest BCUT2D eigenvalue weighted by molar-refractivity contribution is 0.0987. The number of hydrogen-bond donors (Lipinski definition) is 0. The number of hydrogen-bond acceptors (Lipinski definition) is 1. The van der Waals surface area contributed by atoms with Crippen molar-refractivity contribution in [3.8, 4) is 0 Å². The number of carbonyl (C=O) groups is 1. The van der Waals surface area contributed by atoms with Crippen LogP contribution in [0.1, 0.15) is 35.2 Å². The van der Waals surface area contributed by atoms with Crippen molar-refractivity contribution < 1.29 is 9.18 Å². The van der Waals surface area contributed by atoms with Gasteiger partial charge < -0.3 is 0 Å². The van der Waals surface area contributed by atoms with Gasteiger partial charge >= 0.3 is 0 Å². The Balaban J connectivity index is 2.74. The van der Waals surface area contributed by atoms with Crippen molar-refractivity contribution in [3.05, 3.63) is 34.1 Å². The van der Waals surface area contributed by atoms with E-state index in [9.17, 15) is 9.18 Å². The molecule has 1 aromatic rings. The van der Waals surface area contributed by atoms with E-state index >= 15 is 0 Å². The van der Waals surface area contributed by atoms with Crippen LogP contribution in [0.2, 0.25) is 5.02 Å². The highest BCUT2D eigenvalue weighted by molar-refractivity contribution is 6.32. The van der Waals surface area contributed by atoms with Crippen LogP contribution in [0.5, 0.6) is 0 Å². The van der Waals surface area contributed by atoms with Gasteiger partial charge in [0.15, 0.2) is 5.78 Å². The molecule has 1 unspecified atom stereocenters. The maximum Gasteiger partial charge on any atom is 0.166 e. The van der Waals surface area contributed by atoms with E-state index in [0.29, 0.717) is 17.0 Å². The Morgan fingerprint density at radius 3 is 2.85 bits per heavy atom. The van der Waals surface area contributed by atoms with Gasteiger partial charge in [0.1, 0.15) is 5.82 Å². The number of carbonyl (C=O) groups excluding carboxylic acids is 1. The molecule has 0 spiro atoms. The maximum absolute atomic E-state index is 13.2. The molecule has 3 heteroatoms. The minimum Gasteiger partial charge on any atom is -0.294 e. The lowest BCUT2D eigenvalue weighted by Crippen LogP contribution is -1.96. The van der Waals surface area contributed by atoms with Gasteiger partial charge in [-0.25, -0.2) is 4.39 Å². The van der Waals surface area contributed by atoms with E-state index < -0.39 is 5.82 Å². The van der Waals surface area contributed by atoms with Gasteiger partial charge in [0.05, 0.1) is 5.56 Å². The third kappa shape index (κ3) is 1.17. The molecule has 0 amide bonds. The molecule has 0 aromatic heterocycles. The molecule has 13 heavy (non-hydrogen) atoms. The Morgan fingerprint density at radius 2 is 2.23 bits per heavy atom. The number of ketones is 1. The predicted octanol–water partition coefficient (Wildman–Crippen LogP) is 3.17. The van der Waals surface area contributed by atoms with Crippen LogP contribution in [0.25, 0.3) is 0 Å². The van der Waals surface area contributed by atoms with Crippen LogP contribution < -0.4 is 0 Å². The molecule has 0 N–H and O–H groups in total. The van der Waals surface area contributed by atoms with E-state index in [-0.39, 0.29) is 17.3 Å². The molecule has 0 bridgehead atoms. The average Bonchev–Trinajstić information content (AvgIpc) is 2.36. The van der Waals surface area contributed by atoms with E-state index in [4.69, 9.17) is 11.6 Å². The fourth-order valence-electron chi connectivity index (χ4n) is 1.81. The first-order valence-corrected chi connectivity index (χ1v) is 4.50. The van der Waals surface area contributed by atoms with E-state index in [1.165, 1.54) is 12.1 Å². The molecule has 2 rings (SSSR count). The summed E-state index contributed by atoms with van der Waals surface area (Å²) in [6.07, 6.45) is 0.371. The normalized spacial score (nSPS) is 20.5. The van der Waals surface area contributed by atoms with Crippen LogP contribution in [0.4, 0.5) is 4.39 Å². The Labute approximate surface area is 80.5 Å². The Kier molecular flexibility index (Phi) is 1.88. The summed E-state index contributed by atoms with van der Waals surface area (Å²) in [6.45, 7) is 1.88. The average molecular weight is 199 g/mol. The van der Waals surface area contributed by atoms with E-state index in [0.717, 1.165) is 0 Å². The highest BCUT2D eigenvalue weighted by atomic mass is 35.5. The number of halogens is 2. The van der Waals surface area contributed by atoms with E-state index in [2.05, 4.69) is 0 Å². The summed E-state index contributed by atoms with van der Waals surface area (Å²) in [5.74, 6) is -0.540. The topological polar surface area (TPSA) is 17.1 Å². The quantitative estimate of drug-likeness (QED) is 0.626. The molecule has 0 fully saturated rings. The second kappa shape index (κ2) is 2.81. The first-order chi connectivity index (χ1) is 6.11. The molecule has 0 saturated carbocycles. The lowest BCUT2D eigenvalue weighted by atomic mass is 10.0. The SMILES string of the molecule is CC1CC(=O)c2c(F)ccc(Cl)c21. The van der Waals surface area contributed by atoms with Gasteiger partial charge in [-0.1, -0.05) is 18.5 Å². The molecular weight excluding hydrogens is 191 g/mol. The van der Waals surface area contributed by atoms with Crippen LogP contribution in [-0.2, 0) is 0 Å². The fraction of sp³-hybridized carbons (Fsp3) is 0.300. The van der Waals surface area contributed by atoms with Gasteiger partial charge in [-0.3, -0.25) is 4.79 Å². The third-order valence-electron chi connectivity index (χ3n) is 2.40. The van der Waals surface area contributed by atoms with Gasteiger partial charge in [-0.2, -0.15) is 0 Å². The minimum absolute atomic E-state index is 0.0469. The van der Waals surface area contributed by atoms with Crippen molar-refractivity contribution in [2.24, 2.45) is 0 Å². The first-order valence-electron chi connectivity index (χ1n) is 4.12. The molecule has 0 aliphatic heterocycles. The van der Waals surface area contributed by atoms with Gasteiger partial charge in [0.2, 0.25) is 0 Å². The van der Waals surface area contributed by atoms with Crippen LogP contribution in [-0.4, -0.2) is 5.78 Å². The van der Waals surface area contributed by atoms with Crippen molar-refractivity contribution in [1.82, 2.24) is 0 Å². The number of benzene rings is 1. The molecular formula is C10H8ClFO. The summed E-state index contributed by atoms with van der Waals surface area (Å²) in [4.78, 5) is 11.4. The molecule has 1 atom stereocenters. The Morgan fingerprint density at radius 1 is 1.54 bits per heavy atom. The van der Waals surface area contributed by atoms with Crippen LogP contribution in [0.15, 0.2) is 12.1 Å². The molecule has 1 nitrogen and oxygen atoms in total. The highest BCUT2D eigenvalue weighted by Gasteiger charge is 2.31. The van der Waals surface area contributed by atoms with Crippen LogP contribution >= 0.6 is 11.6 Å². The number of Topliss-reactive ketones (excluding diaryl/α,β-unsaturated/α-hetero) is 1. The minimum atomic E-state index is -0.450. The summed E-state index contributed by atoms with van der Waals surface area (Å²) >= 11 is 5.88. The van der Waals surface area contributed by atoms with E-state index in [1.807, 2.05) is 6.92 Å². The zero-order chi connectivity index (χ0) is 9.59. The summed E-state index contributed by atoms with van der Waals surface area (Å²) in [5.41, 5.74) is 0.867. The second-order valence-electron chi connectivity index (χ2n) is 3.35. The molecule has 0 saturated heterocycles. The summed E-state index contributed by atoms with van der Waals surface area (Å²) < 4.78 is 13.2. The molecule has 1 aliphatic rings. The third-order valence-corrected chi connectivity index (χ3v) is 2.73. The molecule has 0 heterocycles. The predicted molar refractivity (Wildman–Crippen MR) is 48.8 cm³/mol. The second-order valence-corrected chi connectivity index (χ2v) is 3.75. The lowest BCUT2D eigenvalue weighted by Gasteiger charge is -2.05. The van der Waals surface area contributed by atoms with Crippen LogP contribution in [0, 0.1) is 5.82 Å². The monoisotopic (exact) mass is 198 g/mol. The fourth-order valence-corrected chi connectivity index (χ4v) is 2.16. The van der Waals surface area contributed by atoms with Gasteiger partial charge in [-0.05, 0) is 23.6 Å². The maximum atomic E-state index is 13.2. The largest absolute Gasteiger partial charge is 0.294 e. The van der Waals surface area contributed by atoms with Gasteiger partial charge in [0.25, 0.3) is 0 Å². The Bertz CT molecular complexity index is 387. The van der Waals surface area contributed by atoms with Crippen molar-refractivity contribution in [1.29, 1.82) is 0 Å². The smallest absolute Gasteiger partial charge is 0.166 e. The van der Waals surface area contributed by atoms with E-state index in [1.54, 1.807) is 0 Å². The summed E-state index contributed by atoms with van der Waals surface area (Å²) in [5, 5.41) is 0.495. The van der Waals surface area contributed by atoms with Crippen LogP contribution in [0.3, 0.4) is 0 Å². The zero-order valence-corrected chi connectivity index (χ0v) is 7.86. The van der Waals surface area contributed by atoms with Crippen molar-refractivity contribution in [2.45, 2.75) is 19.3 Å². The number of fused-ring (bicyclic) bond motifs is 1. The zero-order valence-electron chi connectivity index (χ0n) is 7.10. The molecule has 1 aliphatic carbocycles. The molecule has 0 radical (unpaired) electrons. The molecule has 1 aromatic carbocycles. The summed E-state index contributed by atoms with van der Waals surface area (Å²) in [6, 6.07) is 2.75.